The van der Waals surface area contributed by atoms with Crippen LogP contribution in [0, 0.1) is 17.2 Å². The lowest BCUT2D eigenvalue weighted by Gasteiger charge is -2.22. The van der Waals surface area contributed by atoms with E-state index >= 15 is 0 Å². The molecule has 1 aromatic carbocycles. The SMILES string of the molecule is CCCCC[C@H](O)c1ccc([C@H]2C(C#N)=CCC2CCCc2ccc(C(=O)O)s2)cc1. The van der Waals surface area contributed by atoms with Gasteiger partial charge in [0.05, 0.1) is 12.2 Å². The molecule has 0 bridgehead atoms. The first-order valence-electron chi connectivity index (χ1n) is 11.2. The van der Waals surface area contributed by atoms with Gasteiger partial charge < -0.3 is 10.2 Å². The fourth-order valence-corrected chi connectivity index (χ4v) is 5.38. The van der Waals surface area contributed by atoms with Gasteiger partial charge in [-0.1, -0.05) is 56.5 Å². The van der Waals surface area contributed by atoms with Gasteiger partial charge in [0.25, 0.3) is 0 Å². The fourth-order valence-electron chi connectivity index (χ4n) is 4.49. The highest BCUT2D eigenvalue weighted by Gasteiger charge is 2.31. The van der Waals surface area contributed by atoms with Gasteiger partial charge in [-0.2, -0.15) is 5.26 Å². The summed E-state index contributed by atoms with van der Waals surface area (Å²) in [4.78, 5) is 12.5. The van der Waals surface area contributed by atoms with Crippen molar-refractivity contribution in [3.8, 4) is 6.07 Å². The van der Waals surface area contributed by atoms with Crippen molar-refractivity contribution in [2.75, 3.05) is 0 Å². The Bertz CT molecular complexity index is 938. The summed E-state index contributed by atoms with van der Waals surface area (Å²) in [5, 5.41) is 29.1. The van der Waals surface area contributed by atoms with Gasteiger partial charge in [-0.05, 0) is 61.3 Å². The molecule has 164 valence electrons. The number of carbonyl (C=O) groups is 1. The van der Waals surface area contributed by atoms with E-state index < -0.39 is 12.1 Å². The smallest absolute Gasteiger partial charge is 0.345 e. The molecule has 1 aromatic heterocycles. The van der Waals surface area contributed by atoms with Crippen molar-refractivity contribution in [2.45, 2.75) is 70.3 Å². The van der Waals surface area contributed by atoms with Crippen LogP contribution in [0.2, 0.25) is 0 Å². The summed E-state index contributed by atoms with van der Waals surface area (Å²) in [5.74, 6) is -0.378. The van der Waals surface area contributed by atoms with Crippen LogP contribution in [0.15, 0.2) is 48.0 Å². The van der Waals surface area contributed by atoms with Crippen LogP contribution in [0.3, 0.4) is 0 Å². The quantitative estimate of drug-likeness (QED) is 0.386. The van der Waals surface area contributed by atoms with Gasteiger partial charge in [-0.25, -0.2) is 4.79 Å². The van der Waals surface area contributed by atoms with Gasteiger partial charge in [0, 0.05) is 16.4 Å². The third-order valence-corrected chi connectivity index (χ3v) is 7.34. The minimum absolute atomic E-state index is 0.106. The number of hydrogen-bond donors (Lipinski definition) is 2. The number of allylic oxidation sites excluding steroid dienone is 2. The molecule has 1 heterocycles. The van der Waals surface area contributed by atoms with Crippen molar-refractivity contribution in [3.63, 3.8) is 0 Å². The highest BCUT2D eigenvalue weighted by molar-refractivity contribution is 7.13. The Hall–Kier alpha value is -2.42. The molecule has 2 aromatic rings. The Kier molecular flexibility index (Phi) is 8.45. The van der Waals surface area contributed by atoms with Gasteiger partial charge in [0.2, 0.25) is 0 Å². The van der Waals surface area contributed by atoms with Gasteiger partial charge in [0.1, 0.15) is 4.88 Å². The molecule has 3 atom stereocenters. The van der Waals surface area contributed by atoms with E-state index in [-0.39, 0.29) is 5.92 Å². The molecule has 0 saturated heterocycles. The molecule has 1 aliphatic rings. The molecule has 0 amide bonds. The number of thiophene rings is 1. The van der Waals surface area contributed by atoms with E-state index in [4.69, 9.17) is 5.11 Å². The van der Waals surface area contributed by atoms with Crippen LogP contribution in [-0.2, 0) is 6.42 Å². The number of aliphatic hydroxyl groups excluding tert-OH is 1. The number of hydrogen-bond acceptors (Lipinski definition) is 4. The number of carboxylic acid groups (broad SMARTS) is 1. The predicted octanol–water partition coefficient (Wildman–Crippen LogP) is 6.64. The average Bonchev–Trinajstić information content (AvgIpc) is 3.41. The molecule has 0 radical (unpaired) electrons. The first-order valence-corrected chi connectivity index (χ1v) is 12.0. The number of nitriles is 1. The van der Waals surface area contributed by atoms with Crippen molar-refractivity contribution in [1.82, 2.24) is 0 Å². The van der Waals surface area contributed by atoms with Crippen LogP contribution < -0.4 is 0 Å². The number of benzene rings is 1. The lowest BCUT2D eigenvalue weighted by molar-refractivity contribution is 0.0702. The number of carboxylic acids is 1. The molecule has 5 heteroatoms. The zero-order valence-corrected chi connectivity index (χ0v) is 18.9. The van der Waals surface area contributed by atoms with E-state index in [9.17, 15) is 15.2 Å². The number of aliphatic hydroxyl groups is 1. The summed E-state index contributed by atoms with van der Waals surface area (Å²) in [7, 11) is 0. The maximum absolute atomic E-state index is 11.1. The van der Waals surface area contributed by atoms with Crippen molar-refractivity contribution in [1.29, 1.82) is 5.26 Å². The second-order valence-electron chi connectivity index (χ2n) is 8.39. The summed E-state index contributed by atoms with van der Waals surface area (Å²) in [6, 6.07) is 14.1. The van der Waals surface area contributed by atoms with Gasteiger partial charge in [-0.3, -0.25) is 0 Å². The fraction of sp³-hybridized carbons (Fsp3) is 0.462. The molecule has 2 N–H and O–H groups in total. The molecule has 0 saturated carbocycles. The van der Waals surface area contributed by atoms with Crippen molar-refractivity contribution >= 4 is 17.3 Å². The number of unbranched alkanes of at least 4 members (excludes halogenated alkanes) is 2. The van der Waals surface area contributed by atoms with Gasteiger partial charge in [0.15, 0.2) is 0 Å². The summed E-state index contributed by atoms with van der Waals surface area (Å²) in [6.07, 6.45) is 9.48. The van der Waals surface area contributed by atoms with Crippen molar-refractivity contribution in [3.05, 3.63) is 68.9 Å². The molecule has 0 spiro atoms. The number of rotatable bonds is 11. The molecule has 4 nitrogen and oxygen atoms in total. The summed E-state index contributed by atoms with van der Waals surface area (Å²) in [6.45, 7) is 2.16. The average molecular weight is 438 g/mol. The van der Waals surface area contributed by atoms with Crippen LogP contribution >= 0.6 is 11.3 Å². The molecule has 3 rings (SSSR count). The Morgan fingerprint density at radius 3 is 2.61 bits per heavy atom. The van der Waals surface area contributed by atoms with Gasteiger partial charge in [-0.15, -0.1) is 11.3 Å². The van der Waals surface area contributed by atoms with Crippen LogP contribution in [0.4, 0.5) is 0 Å². The first kappa shape index (κ1) is 23.2. The largest absolute Gasteiger partial charge is 0.477 e. The zero-order chi connectivity index (χ0) is 22.2. The molecule has 0 fully saturated rings. The first-order chi connectivity index (χ1) is 15.0. The standard InChI is InChI=1S/C26H31NO3S/c1-2-3-4-8-23(28)18-9-11-20(12-10-18)25-19(13-14-21(25)17-27)6-5-7-22-15-16-24(31-22)26(29)30/h9-12,14-16,19,23,25,28H,2-8,13H2,1H3,(H,29,30)/t19?,23-,25-/m0/s1. The van der Waals surface area contributed by atoms with Crippen LogP contribution in [-0.4, -0.2) is 16.2 Å². The molecular weight excluding hydrogens is 406 g/mol. The summed E-state index contributed by atoms with van der Waals surface area (Å²) in [5.41, 5.74) is 2.93. The maximum Gasteiger partial charge on any atom is 0.345 e. The monoisotopic (exact) mass is 437 g/mol. The predicted molar refractivity (Wildman–Crippen MR) is 124 cm³/mol. The van der Waals surface area contributed by atoms with E-state index in [0.29, 0.717) is 10.8 Å². The molecule has 0 aliphatic heterocycles. The van der Waals surface area contributed by atoms with Crippen molar-refractivity contribution in [2.24, 2.45) is 5.92 Å². The van der Waals surface area contributed by atoms with E-state index in [1.807, 2.05) is 18.2 Å². The topological polar surface area (TPSA) is 81.3 Å². The Morgan fingerprint density at radius 2 is 1.97 bits per heavy atom. The summed E-state index contributed by atoms with van der Waals surface area (Å²) < 4.78 is 0. The normalized spacial score (nSPS) is 19.1. The number of aromatic carboxylic acids is 1. The summed E-state index contributed by atoms with van der Waals surface area (Å²) >= 11 is 1.35. The third kappa shape index (κ3) is 6.06. The third-order valence-electron chi connectivity index (χ3n) is 6.21. The van der Waals surface area contributed by atoms with E-state index in [2.05, 4.69) is 31.2 Å². The van der Waals surface area contributed by atoms with Crippen LogP contribution in [0.25, 0.3) is 0 Å². The molecular formula is C26H31NO3S. The molecule has 31 heavy (non-hydrogen) atoms. The minimum Gasteiger partial charge on any atom is -0.477 e. The van der Waals surface area contributed by atoms with Crippen molar-refractivity contribution < 1.29 is 15.0 Å². The second-order valence-corrected chi connectivity index (χ2v) is 9.55. The maximum atomic E-state index is 11.1. The second kappa shape index (κ2) is 11.3. The number of nitrogens with zero attached hydrogens (tertiary/aromatic N) is 1. The zero-order valence-electron chi connectivity index (χ0n) is 18.1. The Labute approximate surface area is 188 Å². The lowest BCUT2D eigenvalue weighted by atomic mass is 9.82. The molecule has 1 aliphatic carbocycles. The highest BCUT2D eigenvalue weighted by atomic mass is 32.1. The van der Waals surface area contributed by atoms with Crippen LogP contribution in [0.1, 0.15) is 89.6 Å². The number of aryl methyl sites for hydroxylation is 1. The minimum atomic E-state index is -0.867. The lowest BCUT2D eigenvalue weighted by Crippen LogP contribution is -2.10. The Balaban J connectivity index is 1.61. The van der Waals surface area contributed by atoms with Gasteiger partial charge >= 0.3 is 5.97 Å². The Morgan fingerprint density at radius 1 is 1.19 bits per heavy atom. The van der Waals surface area contributed by atoms with E-state index in [1.54, 1.807) is 6.07 Å². The van der Waals surface area contributed by atoms with E-state index in [1.165, 1.54) is 11.3 Å². The van der Waals surface area contributed by atoms with E-state index in [0.717, 1.165) is 72.9 Å². The molecule has 1 unspecified atom stereocenters. The van der Waals surface area contributed by atoms with Crippen LogP contribution in [0.5, 0.6) is 0 Å². The highest BCUT2D eigenvalue weighted by Crippen LogP contribution is 2.42.